The third-order valence-corrected chi connectivity index (χ3v) is 1.80. The normalized spacial score (nSPS) is 9.62. The topological polar surface area (TPSA) is 44.8 Å². The fraction of sp³-hybridized carbons (Fsp3) is 0.417. The average molecular weight is 224 g/mol. The van der Waals surface area contributed by atoms with Crippen LogP contribution in [0.4, 0.5) is 0 Å². The Balaban J connectivity index is 2.40. The van der Waals surface area contributed by atoms with Gasteiger partial charge < -0.3 is 14.2 Å². The molecule has 0 saturated heterocycles. The minimum atomic E-state index is -0.364. The molecule has 0 spiro atoms. The molecule has 0 N–H and O–H groups in total. The summed E-state index contributed by atoms with van der Waals surface area (Å²) in [5, 5.41) is 0. The van der Waals surface area contributed by atoms with E-state index in [1.807, 2.05) is 6.92 Å². The van der Waals surface area contributed by atoms with Crippen molar-refractivity contribution in [3.05, 3.63) is 24.3 Å². The van der Waals surface area contributed by atoms with Gasteiger partial charge >= 0.3 is 5.97 Å². The van der Waals surface area contributed by atoms with Crippen molar-refractivity contribution in [2.24, 2.45) is 0 Å². The highest BCUT2D eigenvalue weighted by molar-refractivity contribution is 5.71. The Morgan fingerprint density at radius 3 is 2.06 bits per heavy atom. The van der Waals surface area contributed by atoms with Crippen LogP contribution in [0.25, 0.3) is 0 Å². The Hall–Kier alpha value is -1.71. The number of carbonyl (C=O) groups excluding carboxylic acids is 1. The van der Waals surface area contributed by atoms with Gasteiger partial charge in [0.1, 0.15) is 11.5 Å². The molecule has 88 valence electrons. The number of hydrogen-bond donors (Lipinski definition) is 0. The monoisotopic (exact) mass is 224 g/mol. The number of rotatable bonds is 6. The van der Waals surface area contributed by atoms with Crippen molar-refractivity contribution in [2.75, 3.05) is 19.8 Å². The first-order valence-electron chi connectivity index (χ1n) is 5.27. The third kappa shape index (κ3) is 4.21. The Morgan fingerprint density at radius 1 is 1.00 bits per heavy atom. The Bertz CT molecular complexity index is 318. The van der Waals surface area contributed by atoms with Crippen LogP contribution in [0.1, 0.15) is 13.8 Å². The van der Waals surface area contributed by atoms with Gasteiger partial charge in [-0.1, -0.05) is 0 Å². The Labute approximate surface area is 95.1 Å². The van der Waals surface area contributed by atoms with E-state index < -0.39 is 0 Å². The summed E-state index contributed by atoms with van der Waals surface area (Å²) >= 11 is 0. The number of hydrogen-bond acceptors (Lipinski definition) is 4. The van der Waals surface area contributed by atoms with E-state index >= 15 is 0 Å². The van der Waals surface area contributed by atoms with Gasteiger partial charge in [-0.15, -0.1) is 0 Å². The van der Waals surface area contributed by atoms with Gasteiger partial charge in [-0.3, -0.25) is 0 Å². The lowest BCUT2D eigenvalue weighted by molar-refractivity contribution is -0.145. The lowest BCUT2D eigenvalue weighted by Crippen LogP contribution is -2.14. The smallest absolute Gasteiger partial charge is 0.344 e. The Kier molecular flexibility index (Phi) is 5.19. The van der Waals surface area contributed by atoms with Crippen molar-refractivity contribution >= 4 is 5.97 Å². The molecule has 4 nitrogen and oxygen atoms in total. The Morgan fingerprint density at radius 2 is 1.56 bits per heavy atom. The van der Waals surface area contributed by atoms with Crippen LogP contribution in [-0.2, 0) is 9.53 Å². The second-order valence-electron chi connectivity index (χ2n) is 3.00. The molecule has 1 rings (SSSR count). The van der Waals surface area contributed by atoms with Crippen LogP contribution in [0, 0.1) is 0 Å². The van der Waals surface area contributed by atoms with Gasteiger partial charge in [-0.25, -0.2) is 4.79 Å². The molecule has 16 heavy (non-hydrogen) atoms. The largest absolute Gasteiger partial charge is 0.494 e. The predicted molar refractivity (Wildman–Crippen MR) is 59.7 cm³/mol. The van der Waals surface area contributed by atoms with Crippen LogP contribution in [0.15, 0.2) is 24.3 Å². The fourth-order valence-corrected chi connectivity index (χ4v) is 1.14. The van der Waals surface area contributed by atoms with Gasteiger partial charge in [0.2, 0.25) is 0 Å². The molecule has 0 radical (unpaired) electrons. The number of benzene rings is 1. The van der Waals surface area contributed by atoms with Crippen molar-refractivity contribution in [1.29, 1.82) is 0 Å². The van der Waals surface area contributed by atoms with Gasteiger partial charge in [-0.2, -0.15) is 0 Å². The molecule has 0 amide bonds. The van der Waals surface area contributed by atoms with E-state index in [1.165, 1.54) is 0 Å². The van der Waals surface area contributed by atoms with Crippen LogP contribution in [0.3, 0.4) is 0 Å². The van der Waals surface area contributed by atoms with Crippen LogP contribution < -0.4 is 9.47 Å². The molecule has 0 heterocycles. The first kappa shape index (κ1) is 12.4. The minimum Gasteiger partial charge on any atom is -0.494 e. The lowest BCUT2D eigenvalue weighted by Gasteiger charge is -2.07. The molecular weight excluding hydrogens is 208 g/mol. The van der Waals surface area contributed by atoms with Crippen molar-refractivity contribution in [3.63, 3.8) is 0 Å². The van der Waals surface area contributed by atoms with Crippen molar-refractivity contribution in [1.82, 2.24) is 0 Å². The molecule has 0 aliphatic carbocycles. The maximum atomic E-state index is 11.0. The molecule has 0 saturated carbocycles. The number of carbonyl (C=O) groups is 1. The van der Waals surface area contributed by atoms with E-state index in [0.29, 0.717) is 19.0 Å². The summed E-state index contributed by atoms with van der Waals surface area (Å²) in [7, 11) is 0. The summed E-state index contributed by atoms with van der Waals surface area (Å²) < 4.78 is 15.2. The summed E-state index contributed by atoms with van der Waals surface area (Å²) in [5.74, 6) is 1.04. The SMILES string of the molecule is CCOC(=O)COc1ccc(OCC)cc1. The molecule has 0 fully saturated rings. The van der Waals surface area contributed by atoms with E-state index in [2.05, 4.69) is 0 Å². The molecule has 0 aliphatic heterocycles. The molecule has 0 unspecified atom stereocenters. The molecule has 0 bridgehead atoms. The van der Waals surface area contributed by atoms with E-state index in [-0.39, 0.29) is 12.6 Å². The predicted octanol–water partition coefficient (Wildman–Crippen LogP) is 2.03. The van der Waals surface area contributed by atoms with Gasteiger partial charge in [-0.05, 0) is 38.1 Å². The lowest BCUT2D eigenvalue weighted by atomic mass is 10.3. The summed E-state index contributed by atoms with van der Waals surface area (Å²) in [6.07, 6.45) is 0. The van der Waals surface area contributed by atoms with E-state index in [4.69, 9.17) is 14.2 Å². The van der Waals surface area contributed by atoms with Crippen LogP contribution >= 0.6 is 0 Å². The molecule has 1 aromatic carbocycles. The average Bonchev–Trinajstić information content (AvgIpc) is 2.29. The van der Waals surface area contributed by atoms with Crippen molar-refractivity contribution in [2.45, 2.75) is 13.8 Å². The highest BCUT2D eigenvalue weighted by Gasteiger charge is 2.02. The second kappa shape index (κ2) is 6.71. The maximum absolute atomic E-state index is 11.0. The molecule has 0 aliphatic rings. The van der Waals surface area contributed by atoms with Gasteiger partial charge in [0.05, 0.1) is 13.2 Å². The van der Waals surface area contributed by atoms with E-state index in [1.54, 1.807) is 31.2 Å². The highest BCUT2D eigenvalue weighted by atomic mass is 16.6. The molecular formula is C12H16O4. The summed E-state index contributed by atoms with van der Waals surface area (Å²) in [5.41, 5.74) is 0. The molecule has 0 aromatic heterocycles. The van der Waals surface area contributed by atoms with Crippen LogP contribution in [0.5, 0.6) is 11.5 Å². The van der Waals surface area contributed by atoms with Crippen molar-refractivity contribution < 1.29 is 19.0 Å². The van der Waals surface area contributed by atoms with E-state index in [0.717, 1.165) is 5.75 Å². The van der Waals surface area contributed by atoms with Crippen molar-refractivity contribution in [3.8, 4) is 11.5 Å². The maximum Gasteiger partial charge on any atom is 0.344 e. The first-order chi connectivity index (χ1) is 7.76. The second-order valence-corrected chi connectivity index (χ2v) is 3.00. The van der Waals surface area contributed by atoms with Gasteiger partial charge in [0.15, 0.2) is 6.61 Å². The standard InChI is InChI=1S/C12H16O4/c1-3-14-10-5-7-11(8-6-10)16-9-12(13)15-4-2/h5-8H,3-4,9H2,1-2H3. The van der Waals surface area contributed by atoms with Gasteiger partial charge in [0.25, 0.3) is 0 Å². The molecule has 1 aromatic rings. The summed E-state index contributed by atoms with van der Waals surface area (Å²) in [6.45, 7) is 4.61. The molecule has 0 atom stereocenters. The summed E-state index contributed by atoms with van der Waals surface area (Å²) in [4.78, 5) is 11.0. The zero-order valence-electron chi connectivity index (χ0n) is 9.56. The highest BCUT2D eigenvalue weighted by Crippen LogP contribution is 2.17. The zero-order chi connectivity index (χ0) is 11.8. The third-order valence-electron chi connectivity index (χ3n) is 1.80. The van der Waals surface area contributed by atoms with Crippen LogP contribution in [0.2, 0.25) is 0 Å². The minimum absolute atomic E-state index is 0.0676. The van der Waals surface area contributed by atoms with Crippen LogP contribution in [-0.4, -0.2) is 25.8 Å². The first-order valence-corrected chi connectivity index (χ1v) is 5.27. The number of ether oxygens (including phenoxy) is 3. The zero-order valence-corrected chi connectivity index (χ0v) is 9.56. The molecule has 4 heteroatoms. The number of esters is 1. The summed E-state index contributed by atoms with van der Waals surface area (Å²) in [6, 6.07) is 7.10. The van der Waals surface area contributed by atoms with Gasteiger partial charge in [0, 0.05) is 0 Å². The van der Waals surface area contributed by atoms with E-state index in [9.17, 15) is 4.79 Å². The quantitative estimate of drug-likeness (QED) is 0.693. The fourth-order valence-electron chi connectivity index (χ4n) is 1.14.